The second-order valence-electron chi connectivity index (χ2n) is 5.45. The largest absolute Gasteiger partial charge is 0.0683 e. The molecule has 1 aromatic carbocycles. The van der Waals surface area contributed by atoms with Crippen molar-refractivity contribution in [3.05, 3.63) is 38.9 Å². The number of hydrogen-bond donors (Lipinski definition) is 0. The summed E-state index contributed by atoms with van der Waals surface area (Å²) < 4.78 is 1.24. The molecule has 0 saturated carbocycles. The highest BCUT2D eigenvalue weighted by Crippen LogP contribution is 2.35. The van der Waals surface area contributed by atoms with E-state index in [0.29, 0.717) is 0 Å². The van der Waals surface area contributed by atoms with Gasteiger partial charge in [-0.2, -0.15) is 0 Å². The third-order valence-electron chi connectivity index (χ3n) is 2.94. The lowest BCUT2D eigenvalue weighted by atomic mass is 9.85. The van der Waals surface area contributed by atoms with E-state index in [4.69, 9.17) is 0 Å². The maximum absolute atomic E-state index is 3.67. The van der Waals surface area contributed by atoms with Crippen LogP contribution in [0.2, 0.25) is 0 Å². The molecule has 0 nitrogen and oxygen atoms in total. The van der Waals surface area contributed by atoms with Gasteiger partial charge in [0.25, 0.3) is 0 Å². The topological polar surface area (TPSA) is 0 Å². The molecule has 1 aliphatic carbocycles. The van der Waals surface area contributed by atoms with Crippen molar-refractivity contribution < 1.29 is 0 Å². The van der Waals surface area contributed by atoms with Crippen LogP contribution in [0.3, 0.4) is 0 Å². The van der Waals surface area contributed by atoms with Gasteiger partial charge < -0.3 is 0 Å². The lowest BCUT2D eigenvalue weighted by molar-refractivity contribution is 0.589. The maximum Gasteiger partial charge on any atom is 0.0253 e. The van der Waals surface area contributed by atoms with E-state index in [1.54, 1.807) is 0 Å². The first-order valence-electron chi connectivity index (χ1n) is 5.38. The monoisotopic (exact) mass is 264 g/mol. The Kier molecular flexibility index (Phi) is 2.54. The average Bonchev–Trinajstić information content (AvgIpc) is 2.44. The van der Waals surface area contributed by atoms with Crippen LogP contribution in [0.15, 0.2) is 22.2 Å². The second kappa shape index (κ2) is 3.48. The van der Waals surface area contributed by atoms with E-state index in [9.17, 15) is 0 Å². The van der Waals surface area contributed by atoms with Crippen molar-refractivity contribution in [3.63, 3.8) is 0 Å². The lowest BCUT2D eigenvalue weighted by Gasteiger charge is -2.20. The minimum absolute atomic E-state index is 0.230. The summed E-state index contributed by atoms with van der Waals surface area (Å²) in [7, 11) is 0. The standard InChI is InChI=1S/C14H17Br/c1-9-5-10-7-11(14(2,3)4)8-13(15)12(10)6-9/h6-8H,5H2,1-4H3. The Morgan fingerprint density at radius 1 is 1.20 bits per heavy atom. The van der Waals surface area contributed by atoms with Crippen molar-refractivity contribution in [2.24, 2.45) is 0 Å². The smallest absolute Gasteiger partial charge is 0.0253 e. The van der Waals surface area contributed by atoms with Crippen molar-refractivity contribution in [3.8, 4) is 0 Å². The molecule has 0 atom stereocenters. The molecule has 2 rings (SSSR count). The molecule has 0 N–H and O–H groups in total. The summed E-state index contributed by atoms with van der Waals surface area (Å²) in [5, 5.41) is 0. The Labute approximate surface area is 101 Å². The number of benzene rings is 1. The highest BCUT2D eigenvalue weighted by Gasteiger charge is 2.19. The zero-order valence-electron chi connectivity index (χ0n) is 9.82. The van der Waals surface area contributed by atoms with Crippen molar-refractivity contribution in [2.75, 3.05) is 0 Å². The van der Waals surface area contributed by atoms with Crippen LogP contribution in [0.1, 0.15) is 44.4 Å². The van der Waals surface area contributed by atoms with Crippen molar-refractivity contribution in [1.82, 2.24) is 0 Å². The zero-order valence-corrected chi connectivity index (χ0v) is 11.4. The van der Waals surface area contributed by atoms with Crippen molar-refractivity contribution in [2.45, 2.75) is 39.5 Å². The third-order valence-corrected chi connectivity index (χ3v) is 3.60. The molecule has 0 saturated heterocycles. The van der Waals surface area contributed by atoms with E-state index in [-0.39, 0.29) is 5.41 Å². The Morgan fingerprint density at radius 3 is 2.47 bits per heavy atom. The van der Waals surface area contributed by atoms with Crippen LogP contribution in [0.4, 0.5) is 0 Å². The normalized spacial score (nSPS) is 15.1. The first-order valence-corrected chi connectivity index (χ1v) is 6.17. The molecule has 0 unspecified atom stereocenters. The molecule has 0 fully saturated rings. The number of hydrogen-bond acceptors (Lipinski definition) is 0. The summed E-state index contributed by atoms with van der Waals surface area (Å²) in [5.41, 5.74) is 5.94. The van der Waals surface area contributed by atoms with Gasteiger partial charge in [-0.05, 0) is 41.5 Å². The van der Waals surface area contributed by atoms with Gasteiger partial charge in [-0.1, -0.05) is 54.4 Å². The molecule has 0 amide bonds. The molecule has 80 valence electrons. The van der Waals surface area contributed by atoms with Gasteiger partial charge >= 0.3 is 0 Å². The number of fused-ring (bicyclic) bond motifs is 1. The molecule has 1 aliphatic rings. The van der Waals surface area contributed by atoms with Crippen LogP contribution in [0, 0.1) is 0 Å². The van der Waals surface area contributed by atoms with Crippen LogP contribution < -0.4 is 0 Å². The summed E-state index contributed by atoms with van der Waals surface area (Å²) in [6.45, 7) is 8.98. The highest BCUT2D eigenvalue weighted by molar-refractivity contribution is 9.10. The molecular weight excluding hydrogens is 248 g/mol. The van der Waals surface area contributed by atoms with Crippen molar-refractivity contribution >= 4 is 22.0 Å². The Balaban J connectivity index is 2.54. The molecule has 1 aromatic rings. The van der Waals surface area contributed by atoms with Gasteiger partial charge in [0.15, 0.2) is 0 Å². The minimum Gasteiger partial charge on any atom is -0.0683 e. The molecule has 0 spiro atoms. The maximum atomic E-state index is 3.67. The van der Waals surface area contributed by atoms with Gasteiger partial charge in [0.2, 0.25) is 0 Å². The molecule has 0 radical (unpaired) electrons. The predicted molar refractivity (Wildman–Crippen MR) is 70.2 cm³/mol. The van der Waals surface area contributed by atoms with Crippen LogP contribution >= 0.6 is 15.9 Å². The number of rotatable bonds is 0. The fraction of sp³-hybridized carbons (Fsp3) is 0.429. The Morgan fingerprint density at radius 2 is 1.87 bits per heavy atom. The number of allylic oxidation sites excluding steroid dienone is 1. The van der Waals surface area contributed by atoms with Gasteiger partial charge in [-0.15, -0.1) is 0 Å². The fourth-order valence-electron chi connectivity index (χ4n) is 2.01. The SMILES string of the molecule is CC1=Cc2c(Br)cc(C(C)(C)C)cc2C1. The van der Waals surface area contributed by atoms with E-state index in [1.165, 1.54) is 26.7 Å². The van der Waals surface area contributed by atoms with Gasteiger partial charge in [0.05, 0.1) is 0 Å². The first-order chi connectivity index (χ1) is 6.88. The van der Waals surface area contributed by atoms with E-state index in [1.807, 2.05) is 0 Å². The van der Waals surface area contributed by atoms with Crippen molar-refractivity contribution in [1.29, 1.82) is 0 Å². The number of halogens is 1. The molecule has 0 aliphatic heterocycles. The summed E-state index contributed by atoms with van der Waals surface area (Å²) in [4.78, 5) is 0. The zero-order chi connectivity index (χ0) is 11.2. The van der Waals surface area contributed by atoms with Gasteiger partial charge in [0, 0.05) is 4.47 Å². The van der Waals surface area contributed by atoms with Crippen LogP contribution in [0.25, 0.3) is 6.08 Å². The fourth-order valence-corrected chi connectivity index (χ4v) is 2.63. The van der Waals surface area contributed by atoms with Gasteiger partial charge in [0.1, 0.15) is 0 Å². The molecule has 0 heterocycles. The van der Waals surface area contributed by atoms with E-state index in [0.717, 1.165) is 6.42 Å². The van der Waals surface area contributed by atoms with Crippen LogP contribution in [-0.4, -0.2) is 0 Å². The quantitative estimate of drug-likeness (QED) is 0.637. The van der Waals surface area contributed by atoms with Crippen LogP contribution in [0.5, 0.6) is 0 Å². The highest BCUT2D eigenvalue weighted by atomic mass is 79.9. The summed E-state index contributed by atoms with van der Waals surface area (Å²) in [5.74, 6) is 0. The third kappa shape index (κ3) is 2.03. The molecule has 15 heavy (non-hydrogen) atoms. The second-order valence-corrected chi connectivity index (χ2v) is 6.30. The van der Waals surface area contributed by atoms with E-state index >= 15 is 0 Å². The minimum atomic E-state index is 0.230. The summed E-state index contributed by atoms with van der Waals surface area (Å²) in [6.07, 6.45) is 3.39. The predicted octanol–water partition coefficient (Wildman–Crippen LogP) is 4.71. The first kappa shape index (κ1) is 10.9. The van der Waals surface area contributed by atoms with E-state index in [2.05, 4.69) is 61.8 Å². The van der Waals surface area contributed by atoms with Gasteiger partial charge in [-0.25, -0.2) is 0 Å². The van der Waals surface area contributed by atoms with Crippen LogP contribution in [-0.2, 0) is 11.8 Å². The summed E-state index contributed by atoms with van der Waals surface area (Å²) >= 11 is 3.67. The average molecular weight is 265 g/mol. The Bertz CT molecular complexity index is 433. The molecule has 0 aromatic heterocycles. The van der Waals surface area contributed by atoms with Gasteiger partial charge in [-0.3, -0.25) is 0 Å². The van der Waals surface area contributed by atoms with E-state index < -0.39 is 0 Å². The molecular formula is C14H17Br. The summed E-state index contributed by atoms with van der Waals surface area (Å²) in [6, 6.07) is 4.61. The molecule has 1 heteroatoms. The molecule has 0 bridgehead atoms. The Hall–Kier alpha value is -0.560. The lowest BCUT2D eigenvalue weighted by Crippen LogP contribution is -2.11.